The van der Waals surface area contributed by atoms with Crippen LogP contribution in [0.5, 0.6) is 11.5 Å². The van der Waals surface area contributed by atoms with Crippen molar-refractivity contribution < 1.29 is 9.47 Å². The van der Waals surface area contributed by atoms with Crippen LogP contribution in [0.2, 0.25) is 0 Å². The lowest BCUT2D eigenvalue weighted by Crippen LogP contribution is -2.19. The molecular formula is C14H21N3O2. The topological polar surface area (TPSA) is 59.2 Å². The Morgan fingerprint density at radius 3 is 2.58 bits per heavy atom. The van der Waals surface area contributed by atoms with Crippen molar-refractivity contribution in [1.29, 1.82) is 0 Å². The highest BCUT2D eigenvalue weighted by Gasteiger charge is 2.13. The normalized spacial score (nSPS) is 12.6. The fraction of sp³-hybridized carbons (Fsp3) is 0.500. The van der Waals surface area contributed by atoms with E-state index in [9.17, 15) is 0 Å². The van der Waals surface area contributed by atoms with Gasteiger partial charge in [-0.2, -0.15) is 0 Å². The third-order valence-corrected chi connectivity index (χ3v) is 3.17. The molecule has 0 saturated heterocycles. The molecule has 0 fully saturated rings. The number of aromatic amines is 1. The average Bonchev–Trinajstić information content (AvgIpc) is 2.85. The Bertz CT molecular complexity index is 510. The number of hydrogen-bond donors (Lipinski definition) is 2. The van der Waals surface area contributed by atoms with Crippen molar-refractivity contribution in [3.63, 3.8) is 0 Å². The van der Waals surface area contributed by atoms with Gasteiger partial charge < -0.3 is 19.8 Å². The number of imidazole rings is 1. The van der Waals surface area contributed by atoms with Crippen LogP contribution in [0, 0.1) is 0 Å². The minimum Gasteiger partial charge on any atom is -0.493 e. The largest absolute Gasteiger partial charge is 0.493 e. The summed E-state index contributed by atoms with van der Waals surface area (Å²) >= 11 is 0. The van der Waals surface area contributed by atoms with E-state index in [0.717, 1.165) is 29.9 Å². The van der Waals surface area contributed by atoms with Crippen LogP contribution in [0.4, 0.5) is 0 Å². The second-order valence-electron chi connectivity index (χ2n) is 4.56. The molecular weight excluding hydrogens is 242 g/mol. The number of methoxy groups -OCH3 is 2. The molecule has 1 aromatic carbocycles. The summed E-state index contributed by atoms with van der Waals surface area (Å²) in [7, 11) is 3.26. The van der Waals surface area contributed by atoms with Gasteiger partial charge in [0.05, 0.1) is 25.3 Å². The highest BCUT2D eigenvalue weighted by atomic mass is 16.5. The van der Waals surface area contributed by atoms with Crippen LogP contribution in [0.25, 0.3) is 11.0 Å². The van der Waals surface area contributed by atoms with Gasteiger partial charge in [0.15, 0.2) is 11.5 Å². The Hall–Kier alpha value is -1.75. The first-order valence-electron chi connectivity index (χ1n) is 6.52. The third kappa shape index (κ3) is 2.81. The minimum absolute atomic E-state index is 0.337. The van der Waals surface area contributed by atoms with E-state index < -0.39 is 0 Å². The first-order valence-corrected chi connectivity index (χ1v) is 6.52. The van der Waals surface area contributed by atoms with Crippen molar-refractivity contribution in [2.45, 2.75) is 19.8 Å². The van der Waals surface area contributed by atoms with E-state index in [0.29, 0.717) is 17.4 Å². The molecule has 104 valence electrons. The zero-order valence-electron chi connectivity index (χ0n) is 11.9. The van der Waals surface area contributed by atoms with Crippen LogP contribution in [0.1, 0.15) is 25.6 Å². The molecule has 0 aliphatic rings. The van der Waals surface area contributed by atoms with E-state index in [4.69, 9.17) is 9.47 Å². The number of nitrogens with zero attached hydrogens (tertiary/aromatic N) is 1. The zero-order valence-corrected chi connectivity index (χ0v) is 11.9. The highest BCUT2D eigenvalue weighted by molar-refractivity contribution is 5.79. The smallest absolute Gasteiger partial charge is 0.163 e. The number of ether oxygens (including phenoxy) is 2. The molecule has 0 aliphatic carbocycles. The first kappa shape index (κ1) is 13.7. The molecule has 2 N–H and O–H groups in total. The summed E-state index contributed by atoms with van der Waals surface area (Å²) in [6.07, 6.45) is 0. The van der Waals surface area contributed by atoms with Crippen molar-refractivity contribution >= 4 is 11.0 Å². The number of likely N-dealkylation sites (N-methyl/N-ethyl adjacent to an activating group) is 1. The number of benzene rings is 1. The standard InChI is InChI=1S/C14H21N3O2/c1-5-15-8-9(2)14-16-10-6-12(18-3)13(19-4)7-11(10)17-14/h6-7,9,15H,5,8H2,1-4H3,(H,16,17). The van der Waals surface area contributed by atoms with Gasteiger partial charge in [0.2, 0.25) is 0 Å². The van der Waals surface area contributed by atoms with E-state index in [1.54, 1.807) is 14.2 Å². The molecule has 1 aromatic heterocycles. The molecule has 0 radical (unpaired) electrons. The number of H-pyrrole nitrogens is 1. The number of nitrogens with one attached hydrogen (secondary N) is 2. The Morgan fingerprint density at radius 2 is 1.95 bits per heavy atom. The van der Waals surface area contributed by atoms with E-state index >= 15 is 0 Å². The molecule has 0 aliphatic heterocycles. The van der Waals surface area contributed by atoms with Gasteiger partial charge in [0.25, 0.3) is 0 Å². The van der Waals surface area contributed by atoms with Crippen molar-refractivity contribution in [3.05, 3.63) is 18.0 Å². The second-order valence-corrected chi connectivity index (χ2v) is 4.56. The lowest BCUT2D eigenvalue weighted by molar-refractivity contribution is 0.356. The number of hydrogen-bond acceptors (Lipinski definition) is 4. The molecule has 0 bridgehead atoms. The molecule has 0 amide bonds. The molecule has 0 spiro atoms. The van der Waals surface area contributed by atoms with Crippen LogP contribution in [-0.4, -0.2) is 37.3 Å². The van der Waals surface area contributed by atoms with Crippen LogP contribution >= 0.6 is 0 Å². The number of fused-ring (bicyclic) bond motifs is 1. The highest BCUT2D eigenvalue weighted by Crippen LogP contribution is 2.31. The summed E-state index contributed by atoms with van der Waals surface area (Å²) < 4.78 is 10.6. The van der Waals surface area contributed by atoms with E-state index in [-0.39, 0.29) is 0 Å². The minimum atomic E-state index is 0.337. The monoisotopic (exact) mass is 263 g/mol. The van der Waals surface area contributed by atoms with Crippen molar-refractivity contribution in [1.82, 2.24) is 15.3 Å². The van der Waals surface area contributed by atoms with Gasteiger partial charge in [-0.05, 0) is 6.54 Å². The van der Waals surface area contributed by atoms with Gasteiger partial charge >= 0.3 is 0 Å². The quantitative estimate of drug-likeness (QED) is 0.839. The summed E-state index contributed by atoms with van der Waals surface area (Å²) in [5, 5.41) is 3.33. The third-order valence-electron chi connectivity index (χ3n) is 3.17. The Labute approximate surface area is 113 Å². The average molecular weight is 263 g/mol. The lowest BCUT2D eigenvalue weighted by atomic mass is 10.2. The predicted octanol–water partition coefficient (Wildman–Crippen LogP) is 2.29. The van der Waals surface area contributed by atoms with E-state index in [1.165, 1.54) is 0 Å². The van der Waals surface area contributed by atoms with Gasteiger partial charge in [-0.25, -0.2) is 4.98 Å². The first-order chi connectivity index (χ1) is 9.19. The molecule has 1 atom stereocenters. The molecule has 2 rings (SSSR count). The van der Waals surface area contributed by atoms with Crippen molar-refractivity contribution in [2.75, 3.05) is 27.3 Å². The molecule has 5 heteroatoms. The Balaban J connectivity index is 2.34. The van der Waals surface area contributed by atoms with Gasteiger partial charge in [-0.1, -0.05) is 13.8 Å². The van der Waals surface area contributed by atoms with Crippen LogP contribution in [-0.2, 0) is 0 Å². The van der Waals surface area contributed by atoms with E-state index in [1.807, 2.05) is 12.1 Å². The summed E-state index contributed by atoms with van der Waals surface area (Å²) in [5.74, 6) is 2.73. The van der Waals surface area contributed by atoms with Gasteiger partial charge in [-0.3, -0.25) is 0 Å². The van der Waals surface area contributed by atoms with Crippen LogP contribution in [0.3, 0.4) is 0 Å². The lowest BCUT2D eigenvalue weighted by Gasteiger charge is -2.07. The van der Waals surface area contributed by atoms with E-state index in [2.05, 4.69) is 29.1 Å². The van der Waals surface area contributed by atoms with Gasteiger partial charge in [0.1, 0.15) is 5.82 Å². The Kier molecular flexibility index (Phi) is 4.27. The number of rotatable bonds is 6. The van der Waals surface area contributed by atoms with Crippen LogP contribution < -0.4 is 14.8 Å². The molecule has 0 saturated carbocycles. The molecule has 1 heterocycles. The Morgan fingerprint density at radius 1 is 1.26 bits per heavy atom. The van der Waals surface area contributed by atoms with Gasteiger partial charge in [-0.15, -0.1) is 0 Å². The predicted molar refractivity (Wildman–Crippen MR) is 76.2 cm³/mol. The molecule has 2 aromatic rings. The summed E-state index contributed by atoms with van der Waals surface area (Å²) in [6, 6.07) is 3.82. The molecule has 5 nitrogen and oxygen atoms in total. The number of aromatic nitrogens is 2. The maximum Gasteiger partial charge on any atom is 0.163 e. The maximum atomic E-state index is 5.29. The molecule has 19 heavy (non-hydrogen) atoms. The van der Waals surface area contributed by atoms with Gasteiger partial charge in [0, 0.05) is 24.6 Å². The summed E-state index contributed by atoms with van der Waals surface area (Å²) in [5.41, 5.74) is 1.87. The summed E-state index contributed by atoms with van der Waals surface area (Å²) in [4.78, 5) is 7.96. The summed E-state index contributed by atoms with van der Waals surface area (Å²) in [6.45, 7) is 6.12. The van der Waals surface area contributed by atoms with Crippen molar-refractivity contribution in [3.8, 4) is 11.5 Å². The molecule has 1 unspecified atom stereocenters. The second kappa shape index (κ2) is 5.93. The zero-order chi connectivity index (χ0) is 13.8. The SMILES string of the molecule is CCNCC(C)c1nc2cc(OC)c(OC)cc2[nH]1. The maximum absolute atomic E-state index is 5.29. The fourth-order valence-electron chi connectivity index (χ4n) is 2.05. The van der Waals surface area contributed by atoms with Crippen LogP contribution in [0.15, 0.2) is 12.1 Å². The van der Waals surface area contributed by atoms with Crippen molar-refractivity contribution in [2.24, 2.45) is 0 Å². The fourth-order valence-corrected chi connectivity index (χ4v) is 2.05.